The fraction of sp³-hybridized carbons (Fsp3) is 0.0455. The van der Waals surface area contributed by atoms with Gasteiger partial charge in [0.2, 0.25) is 0 Å². The normalized spacial score (nSPS) is 12.1. The maximum Gasteiger partial charge on any atom is 0.308 e. The summed E-state index contributed by atoms with van der Waals surface area (Å²) in [6, 6.07) is 20.6. The van der Waals surface area contributed by atoms with Crippen LogP contribution >= 0.6 is 0 Å². The van der Waals surface area contributed by atoms with Crippen LogP contribution in [0.15, 0.2) is 67.2 Å². The Hall–Kier alpha value is -3.13. The Morgan fingerprint density at radius 3 is 2.54 bits per heavy atom. The molecule has 0 atom stereocenters. The van der Waals surface area contributed by atoms with Crippen LogP contribution < -0.4 is 0 Å². The van der Waals surface area contributed by atoms with E-state index in [9.17, 15) is 4.79 Å². The molecule has 1 aliphatic rings. The molecule has 0 aliphatic heterocycles. The van der Waals surface area contributed by atoms with E-state index in [2.05, 4.69) is 43.0 Å². The van der Waals surface area contributed by atoms with Gasteiger partial charge in [0.15, 0.2) is 0 Å². The first-order valence-corrected chi connectivity index (χ1v) is 7.85. The Labute approximate surface area is 140 Å². The van der Waals surface area contributed by atoms with Crippen LogP contribution in [0, 0.1) is 0 Å². The van der Waals surface area contributed by atoms with Crippen molar-refractivity contribution >= 4 is 34.2 Å². The topological polar surface area (TPSA) is 26.3 Å². The van der Waals surface area contributed by atoms with Crippen LogP contribution in [0.25, 0.3) is 28.2 Å². The summed E-state index contributed by atoms with van der Waals surface area (Å²) in [5.74, 6) is 0.0226. The Morgan fingerprint density at radius 2 is 1.79 bits per heavy atom. The lowest BCUT2D eigenvalue weighted by Crippen LogP contribution is -1.98. The fourth-order valence-electron chi connectivity index (χ4n) is 3.27. The Bertz CT molecular complexity index is 1010. The highest BCUT2D eigenvalue weighted by Crippen LogP contribution is 2.41. The van der Waals surface area contributed by atoms with Crippen LogP contribution in [0.1, 0.15) is 29.2 Å². The van der Waals surface area contributed by atoms with E-state index < -0.39 is 0 Å². The van der Waals surface area contributed by atoms with Crippen molar-refractivity contribution < 1.29 is 9.53 Å². The number of esters is 1. The van der Waals surface area contributed by atoms with E-state index in [-0.39, 0.29) is 5.97 Å². The second-order valence-electron chi connectivity index (χ2n) is 5.91. The van der Waals surface area contributed by atoms with Crippen LogP contribution in [-0.4, -0.2) is 5.97 Å². The van der Waals surface area contributed by atoms with Gasteiger partial charge in [0.1, 0.15) is 5.76 Å². The highest BCUT2D eigenvalue weighted by molar-refractivity contribution is 6.13. The van der Waals surface area contributed by atoms with E-state index in [1.807, 2.05) is 30.3 Å². The summed E-state index contributed by atoms with van der Waals surface area (Å²) in [6.45, 7) is 5.29. The van der Waals surface area contributed by atoms with Gasteiger partial charge in [-0.1, -0.05) is 55.1 Å². The molecule has 0 saturated carbocycles. The second kappa shape index (κ2) is 5.50. The van der Waals surface area contributed by atoms with Gasteiger partial charge in [-0.25, -0.2) is 0 Å². The summed E-state index contributed by atoms with van der Waals surface area (Å²) in [6.07, 6.45) is 2.21. The van der Waals surface area contributed by atoms with Crippen molar-refractivity contribution in [2.75, 3.05) is 0 Å². The summed E-state index contributed by atoms with van der Waals surface area (Å²) in [7, 11) is 0. The molecule has 24 heavy (non-hydrogen) atoms. The largest absolute Gasteiger partial charge is 0.427 e. The molecule has 0 N–H and O–H groups in total. The number of hydrogen-bond donors (Lipinski definition) is 0. The quantitative estimate of drug-likeness (QED) is 0.380. The van der Waals surface area contributed by atoms with Gasteiger partial charge < -0.3 is 4.74 Å². The predicted molar refractivity (Wildman–Crippen MR) is 98.2 cm³/mol. The molecule has 0 radical (unpaired) electrons. The molecule has 0 saturated heterocycles. The van der Waals surface area contributed by atoms with Crippen LogP contribution in [0.3, 0.4) is 0 Å². The van der Waals surface area contributed by atoms with E-state index in [0.29, 0.717) is 5.76 Å². The maximum absolute atomic E-state index is 11.2. The molecule has 0 aromatic heterocycles. The molecule has 116 valence electrons. The monoisotopic (exact) mass is 312 g/mol. The minimum Gasteiger partial charge on any atom is -0.427 e. The average molecular weight is 312 g/mol. The van der Waals surface area contributed by atoms with Gasteiger partial charge in [-0.2, -0.15) is 0 Å². The van der Waals surface area contributed by atoms with Gasteiger partial charge in [0, 0.05) is 12.5 Å². The number of hydrogen-bond acceptors (Lipinski definition) is 2. The summed E-state index contributed by atoms with van der Waals surface area (Å²) < 4.78 is 5.19. The predicted octanol–water partition coefficient (Wildman–Crippen LogP) is 5.28. The zero-order valence-corrected chi connectivity index (χ0v) is 13.4. The van der Waals surface area contributed by atoms with Crippen LogP contribution in [0.5, 0.6) is 0 Å². The van der Waals surface area contributed by atoms with E-state index in [1.54, 1.807) is 0 Å². The van der Waals surface area contributed by atoms with Gasteiger partial charge in [-0.05, 0) is 51.2 Å². The van der Waals surface area contributed by atoms with Gasteiger partial charge in [-0.15, -0.1) is 0 Å². The third-order valence-electron chi connectivity index (χ3n) is 4.27. The van der Waals surface area contributed by atoms with E-state index in [4.69, 9.17) is 4.74 Å². The highest BCUT2D eigenvalue weighted by Gasteiger charge is 2.19. The Kier molecular flexibility index (Phi) is 3.31. The molecule has 4 rings (SSSR count). The first-order valence-electron chi connectivity index (χ1n) is 7.85. The lowest BCUT2D eigenvalue weighted by atomic mass is 9.95. The number of benzene rings is 3. The molecule has 1 aliphatic carbocycles. The van der Waals surface area contributed by atoms with Crippen molar-refractivity contribution in [3.8, 4) is 0 Å². The number of carbonyl (C=O) groups excluding carboxylic acids is 1. The zero-order chi connectivity index (χ0) is 16.7. The lowest BCUT2D eigenvalue weighted by molar-refractivity contribution is -0.134. The number of rotatable bonds is 3. The van der Waals surface area contributed by atoms with Crippen molar-refractivity contribution in [2.45, 2.75) is 6.92 Å². The van der Waals surface area contributed by atoms with Crippen molar-refractivity contribution in [3.05, 3.63) is 89.5 Å². The molecular weight excluding hydrogens is 296 g/mol. The van der Waals surface area contributed by atoms with Crippen molar-refractivity contribution in [3.63, 3.8) is 0 Å². The van der Waals surface area contributed by atoms with Crippen molar-refractivity contribution in [1.82, 2.24) is 0 Å². The summed E-state index contributed by atoms with van der Waals surface area (Å²) >= 11 is 0. The molecule has 0 amide bonds. The third kappa shape index (κ3) is 2.33. The first-order chi connectivity index (χ1) is 11.6. The summed E-state index contributed by atoms with van der Waals surface area (Å²) in [4.78, 5) is 11.2. The number of ether oxygens (including phenoxy) is 1. The minimum atomic E-state index is -0.357. The highest BCUT2D eigenvalue weighted by atomic mass is 16.5. The van der Waals surface area contributed by atoms with Gasteiger partial charge in [-0.3, -0.25) is 4.79 Å². The Balaban J connectivity index is 1.92. The maximum atomic E-state index is 11.2. The Morgan fingerprint density at radius 1 is 1.00 bits per heavy atom. The van der Waals surface area contributed by atoms with Gasteiger partial charge in [0.05, 0.1) is 0 Å². The summed E-state index contributed by atoms with van der Waals surface area (Å²) in [5, 5.41) is 2.35. The molecular formula is C22H16O2. The molecule has 3 aromatic carbocycles. The van der Waals surface area contributed by atoms with Gasteiger partial charge in [0.25, 0.3) is 0 Å². The standard InChI is InChI=1S/C22H16O2/c1-14(24-15(2)23)19-11-17-9-6-10-18-12-20(21(13-19)22(17)18)16-7-4-3-5-8-16/h3-13H,1H2,2H3. The molecule has 3 aromatic rings. The third-order valence-corrected chi connectivity index (χ3v) is 4.27. The average Bonchev–Trinajstić information content (AvgIpc) is 2.95. The molecule has 0 bridgehead atoms. The molecule has 0 unspecified atom stereocenters. The number of carbonyl (C=O) groups is 1. The SMILES string of the molecule is C=C(OC(C)=O)c1cc2c3c(cccc3c1)C=C2c1ccccc1. The van der Waals surface area contributed by atoms with E-state index >= 15 is 0 Å². The van der Waals surface area contributed by atoms with E-state index in [1.165, 1.54) is 29.0 Å². The lowest BCUT2D eigenvalue weighted by Gasteiger charge is -2.11. The zero-order valence-electron chi connectivity index (χ0n) is 13.4. The van der Waals surface area contributed by atoms with E-state index in [0.717, 1.165) is 16.5 Å². The smallest absolute Gasteiger partial charge is 0.308 e. The fourth-order valence-corrected chi connectivity index (χ4v) is 3.27. The minimum absolute atomic E-state index is 0.357. The molecule has 2 heteroatoms. The van der Waals surface area contributed by atoms with Gasteiger partial charge >= 0.3 is 5.97 Å². The second-order valence-corrected chi connectivity index (χ2v) is 5.91. The molecule has 0 fully saturated rings. The molecule has 0 spiro atoms. The van der Waals surface area contributed by atoms with Crippen molar-refractivity contribution in [2.24, 2.45) is 0 Å². The van der Waals surface area contributed by atoms with Crippen molar-refractivity contribution in [1.29, 1.82) is 0 Å². The first kappa shape index (κ1) is 14.5. The molecule has 0 heterocycles. The van der Waals surface area contributed by atoms with Crippen LogP contribution in [0.2, 0.25) is 0 Å². The summed E-state index contributed by atoms with van der Waals surface area (Å²) in [5.41, 5.74) is 5.54. The molecule has 2 nitrogen and oxygen atoms in total. The van der Waals surface area contributed by atoms with Crippen LogP contribution in [0.4, 0.5) is 0 Å². The van der Waals surface area contributed by atoms with Crippen LogP contribution in [-0.2, 0) is 9.53 Å².